The third-order valence-electron chi connectivity index (χ3n) is 6.16. The number of carbonyl (C=O) groups is 1. The number of benzene rings is 3. The molecule has 1 unspecified atom stereocenters. The standard InChI is InChI=1S/C28H25BrN2O4/c1-30(2)14-15-31-25(19-8-11-21(12-9-19)34-17-18-6-4-3-5-7-18)24-26(32)22-16-20(29)10-13-23(22)35-27(24)28(31)33/h3-13,16,25H,14-15,17H2,1-2H3. The third-order valence-corrected chi connectivity index (χ3v) is 6.65. The summed E-state index contributed by atoms with van der Waals surface area (Å²) in [5, 5.41) is 0.452. The van der Waals surface area contributed by atoms with E-state index in [-0.39, 0.29) is 17.1 Å². The van der Waals surface area contributed by atoms with Gasteiger partial charge in [0.15, 0.2) is 5.43 Å². The molecular weight excluding hydrogens is 508 g/mol. The summed E-state index contributed by atoms with van der Waals surface area (Å²) in [6.45, 7) is 1.59. The van der Waals surface area contributed by atoms with Gasteiger partial charge in [-0.25, -0.2) is 0 Å². The second-order valence-electron chi connectivity index (χ2n) is 8.86. The summed E-state index contributed by atoms with van der Waals surface area (Å²) >= 11 is 3.43. The zero-order chi connectivity index (χ0) is 24.5. The van der Waals surface area contributed by atoms with Crippen LogP contribution in [-0.2, 0) is 6.61 Å². The van der Waals surface area contributed by atoms with Crippen LogP contribution in [0.4, 0.5) is 0 Å². The molecule has 0 radical (unpaired) electrons. The van der Waals surface area contributed by atoms with Crippen LogP contribution in [0, 0.1) is 0 Å². The minimum Gasteiger partial charge on any atom is -0.489 e. The minimum absolute atomic E-state index is 0.123. The van der Waals surface area contributed by atoms with Crippen LogP contribution >= 0.6 is 15.9 Å². The largest absolute Gasteiger partial charge is 0.489 e. The van der Waals surface area contributed by atoms with Crippen molar-refractivity contribution < 1.29 is 13.9 Å². The molecule has 1 aliphatic heterocycles. The van der Waals surface area contributed by atoms with Crippen molar-refractivity contribution in [1.29, 1.82) is 0 Å². The van der Waals surface area contributed by atoms with Gasteiger partial charge in [-0.05, 0) is 55.6 Å². The number of nitrogens with zero attached hydrogens (tertiary/aromatic N) is 2. The predicted molar refractivity (Wildman–Crippen MR) is 139 cm³/mol. The summed E-state index contributed by atoms with van der Waals surface area (Å²) in [6, 6.07) is 22.3. The molecule has 7 heteroatoms. The molecule has 3 aromatic carbocycles. The average molecular weight is 533 g/mol. The Kier molecular flexibility index (Phi) is 6.45. The summed E-state index contributed by atoms with van der Waals surface area (Å²) in [5.74, 6) is 0.577. The maximum absolute atomic E-state index is 13.6. The van der Waals surface area contributed by atoms with Crippen LogP contribution in [0.5, 0.6) is 5.75 Å². The molecule has 4 aromatic rings. The Labute approximate surface area is 211 Å². The Morgan fingerprint density at radius 3 is 2.46 bits per heavy atom. The van der Waals surface area contributed by atoms with E-state index in [4.69, 9.17) is 9.15 Å². The van der Waals surface area contributed by atoms with Crippen LogP contribution in [0.3, 0.4) is 0 Å². The molecule has 178 valence electrons. The molecule has 1 aromatic heterocycles. The fraction of sp³-hybridized carbons (Fsp3) is 0.214. The van der Waals surface area contributed by atoms with E-state index in [9.17, 15) is 9.59 Å². The highest BCUT2D eigenvalue weighted by Crippen LogP contribution is 2.38. The van der Waals surface area contributed by atoms with Gasteiger partial charge < -0.3 is 19.0 Å². The predicted octanol–water partition coefficient (Wildman–Crippen LogP) is 5.24. The van der Waals surface area contributed by atoms with E-state index in [1.165, 1.54) is 0 Å². The maximum Gasteiger partial charge on any atom is 0.290 e. The van der Waals surface area contributed by atoms with Gasteiger partial charge in [0.05, 0.1) is 17.0 Å². The number of hydrogen-bond donors (Lipinski definition) is 0. The molecule has 0 aliphatic carbocycles. The van der Waals surface area contributed by atoms with Crippen molar-refractivity contribution in [3.8, 4) is 5.75 Å². The Morgan fingerprint density at radius 1 is 1.00 bits per heavy atom. The number of carbonyl (C=O) groups excluding carboxylic acids is 1. The molecule has 0 saturated heterocycles. The summed E-state index contributed by atoms with van der Waals surface area (Å²) in [5.41, 5.74) is 2.53. The number of halogens is 1. The summed E-state index contributed by atoms with van der Waals surface area (Å²) in [7, 11) is 3.91. The van der Waals surface area contributed by atoms with Crippen molar-refractivity contribution in [1.82, 2.24) is 9.80 Å². The van der Waals surface area contributed by atoms with E-state index in [0.717, 1.165) is 21.3 Å². The first-order valence-corrected chi connectivity index (χ1v) is 12.2. The number of rotatable bonds is 7. The van der Waals surface area contributed by atoms with E-state index in [1.54, 1.807) is 23.1 Å². The van der Waals surface area contributed by atoms with Gasteiger partial charge in [-0.2, -0.15) is 0 Å². The van der Waals surface area contributed by atoms with Crippen LogP contribution in [0.15, 0.2) is 86.5 Å². The SMILES string of the molecule is CN(C)CCN1C(=O)c2oc3ccc(Br)cc3c(=O)c2C1c1ccc(OCc2ccccc2)cc1. The highest BCUT2D eigenvalue weighted by Gasteiger charge is 2.42. The van der Waals surface area contributed by atoms with E-state index in [2.05, 4.69) is 15.9 Å². The third kappa shape index (κ3) is 4.61. The highest BCUT2D eigenvalue weighted by atomic mass is 79.9. The van der Waals surface area contributed by atoms with Gasteiger partial charge in [0.1, 0.15) is 17.9 Å². The summed E-state index contributed by atoms with van der Waals surface area (Å²) in [6.07, 6.45) is 0. The average Bonchev–Trinajstić information content (AvgIpc) is 3.14. The normalized spacial score (nSPS) is 15.1. The van der Waals surface area contributed by atoms with Gasteiger partial charge in [-0.15, -0.1) is 0 Å². The lowest BCUT2D eigenvalue weighted by Crippen LogP contribution is -2.35. The number of hydrogen-bond acceptors (Lipinski definition) is 5. The monoisotopic (exact) mass is 532 g/mol. The zero-order valence-electron chi connectivity index (χ0n) is 19.5. The second-order valence-corrected chi connectivity index (χ2v) is 9.78. The topological polar surface area (TPSA) is 63.0 Å². The molecule has 0 N–H and O–H groups in total. The lowest BCUT2D eigenvalue weighted by atomic mass is 9.98. The van der Waals surface area contributed by atoms with Crippen LogP contribution in [0.25, 0.3) is 11.0 Å². The molecule has 6 nitrogen and oxygen atoms in total. The lowest BCUT2D eigenvalue weighted by molar-refractivity contribution is 0.0716. The molecule has 2 heterocycles. The van der Waals surface area contributed by atoms with Crippen molar-refractivity contribution in [2.45, 2.75) is 12.6 Å². The van der Waals surface area contributed by atoms with Gasteiger partial charge in [0, 0.05) is 17.6 Å². The van der Waals surface area contributed by atoms with Crippen LogP contribution in [0.2, 0.25) is 0 Å². The molecule has 0 fully saturated rings. The first-order chi connectivity index (χ1) is 16.9. The van der Waals surface area contributed by atoms with Gasteiger partial charge >= 0.3 is 0 Å². The van der Waals surface area contributed by atoms with Crippen molar-refractivity contribution in [3.05, 3.63) is 110 Å². The van der Waals surface area contributed by atoms with Gasteiger partial charge in [0.2, 0.25) is 5.76 Å². The molecule has 0 spiro atoms. The fourth-order valence-electron chi connectivity index (χ4n) is 4.36. The molecule has 35 heavy (non-hydrogen) atoms. The van der Waals surface area contributed by atoms with Crippen molar-refractivity contribution >= 4 is 32.8 Å². The van der Waals surface area contributed by atoms with E-state index in [1.807, 2.05) is 73.6 Å². The van der Waals surface area contributed by atoms with E-state index in [0.29, 0.717) is 36.2 Å². The van der Waals surface area contributed by atoms with Gasteiger partial charge in [-0.1, -0.05) is 58.4 Å². The summed E-state index contributed by atoms with van der Waals surface area (Å²) in [4.78, 5) is 30.8. The van der Waals surface area contributed by atoms with Crippen LogP contribution < -0.4 is 10.2 Å². The molecule has 1 aliphatic rings. The van der Waals surface area contributed by atoms with E-state index < -0.39 is 6.04 Å². The number of likely N-dealkylation sites (N-methyl/N-ethyl adjacent to an activating group) is 1. The van der Waals surface area contributed by atoms with Crippen molar-refractivity contribution in [2.24, 2.45) is 0 Å². The molecule has 0 saturated carbocycles. The Hall–Kier alpha value is -3.42. The van der Waals surface area contributed by atoms with Crippen LogP contribution in [-0.4, -0.2) is 42.9 Å². The first-order valence-electron chi connectivity index (χ1n) is 11.4. The molecule has 1 amide bonds. The number of fused-ring (bicyclic) bond motifs is 2. The lowest BCUT2D eigenvalue weighted by Gasteiger charge is -2.26. The van der Waals surface area contributed by atoms with Gasteiger partial charge in [-0.3, -0.25) is 9.59 Å². The summed E-state index contributed by atoms with van der Waals surface area (Å²) < 4.78 is 12.7. The zero-order valence-corrected chi connectivity index (χ0v) is 21.1. The number of ether oxygens (including phenoxy) is 1. The van der Waals surface area contributed by atoms with E-state index >= 15 is 0 Å². The molecule has 1 atom stereocenters. The first kappa shape index (κ1) is 23.3. The second kappa shape index (κ2) is 9.68. The molecule has 5 rings (SSSR count). The minimum atomic E-state index is -0.528. The maximum atomic E-state index is 13.6. The molecule has 0 bridgehead atoms. The highest BCUT2D eigenvalue weighted by molar-refractivity contribution is 9.10. The number of amides is 1. The van der Waals surface area contributed by atoms with Crippen LogP contribution in [0.1, 0.15) is 33.3 Å². The van der Waals surface area contributed by atoms with Gasteiger partial charge in [0.25, 0.3) is 5.91 Å². The molecular formula is C28H25BrN2O4. The van der Waals surface area contributed by atoms with Crippen molar-refractivity contribution in [3.63, 3.8) is 0 Å². The smallest absolute Gasteiger partial charge is 0.290 e. The van der Waals surface area contributed by atoms with Crippen molar-refractivity contribution in [2.75, 3.05) is 27.2 Å². The Morgan fingerprint density at radius 2 is 1.74 bits per heavy atom. The fourth-order valence-corrected chi connectivity index (χ4v) is 4.73. The quantitative estimate of drug-likeness (QED) is 0.325. The Bertz CT molecular complexity index is 1430. The Balaban J connectivity index is 1.52.